The molecule has 0 fully saturated rings. The summed E-state index contributed by atoms with van der Waals surface area (Å²) < 4.78 is 38.7. The molecule has 108 valence electrons. The molecule has 0 aliphatic carbocycles. The number of hydrogen-bond donors (Lipinski definition) is 1. The van der Waals surface area contributed by atoms with Crippen molar-refractivity contribution in [2.45, 2.75) is 13.1 Å². The molecule has 0 aliphatic rings. The van der Waals surface area contributed by atoms with E-state index in [1.165, 1.54) is 0 Å². The van der Waals surface area contributed by atoms with Gasteiger partial charge in [0.15, 0.2) is 0 Å². The zero-order valence-electron chi connectivity index (χ0n) is 10.8. The highest BCUT2D eigenvalue weighted by atomic mass is 79.9. The number of nitriles is 1. The van der Waals surface area contributed by atoms with Crippen LogP contribution in [-0.4, -0.2) is 4.98 Å². The summed E-state index contributed by atoms with van der Waals surface area (Å²) >= 11 is 3.31. The summed E-state index contributed by atoms with van der Waals surface area (Å²) in [5.41, 5.74) is 0.511. The lowest BCUT2D eigenvalue weighted by molar-refractivity contribution is -0.141. The molecule has 0 saturated heterocycles. The zero-order chi connectivity index (χ0) is 15.6. The quantitative estimate of drug-likeness (QED) is 0.842. The van der Waals surface area contributed by atoms with E-state index >= 15 is 0 Å². The van der Waals surface area contributed by atoms with Gasteiger partial charge in [-0.15, -0.1) is 0 Å². The number of hydrogen-bond acceptors (Lipinski definition) is 3. The molecule has 0 unspecified atom stereocenters. The van der Waals surface area contributed by atoms with Crippen LogP contribution in [-0.2, 0) is 6.18 Å². The van der Waals surface area contributed by atoms with E-state index in [0.717, 1.165) is 17.7 Å². The number of aromatic nitrogens is 1. The van der Waals surface area contributed by atoms with Crippen LogP contribution in [0.5, 0.6) is 0 Å². The Balaban J connectivity index is 2.45. The second-order valence-electron chi connectivity index (χ2n) is 4.31. The van der Waals surface area contributed by atoms with E-state index in [2.05, 4.69) is 26.2 Å². The van der Waals surface area contributed by atoms with E-state index in [-0.39, 0.29) is 11.4 Å². The van der Waals surface area contributed by atoms with E-state index in [4.69, 9.17) is 5.26 Å². The molecular weight excluding hydrogens is 347 g/mol. The first-order valence-corrected chi connectivity index (χ1v) is 6.62. The SMILES string of the molecule is Cc1ccc(Nc2nc(C(F)(F)F)ccc2C#N)c(Br)c1. The van der Waals surface area contributed by atoms with Gasteiger partial charge in [0, 0.05) is 4.47 Å². The first-order valence-electron chi connectivity index (χ1n) is 5.83. The van der Waals surface area contributed by atoms with Crippen LogP contribution in [0.4, 0.5) is 24.7 Å². The molecule has 0 saturated carbocycles. The smallest absolute Gasteiger partial charge is 0.338 e. The van der Waals surface area contributed by atoms with Crippen molar-refractivity contribution in [2.24, 2.45) is 0 Å². The maximum Gasteiger partial charge on any atom is 0.433 e. The van der Waals surface area contributed by atoms with Crippen LogP contribution >= 0.6 is 15.9 Å². The summed E-state index contributed by atoms with van der Waals surface area (Å²) in [6, 6.07) is 9.00. The minimum absolute atomic E-state index is 0.0375. The Morgan fingerprint density at radius 1 is 1.24 bits per heavy atom. The fourth-order valence-electron chi connectivity index (χ4n) is 1.65. The van der Waals surface area contributed by atoms with Crippen molar-refractivity contribution in [3.63, 3.8) is 0 Å². The predicted octanol–water partition coefficient (Wildman–Crippen LogP) is 4.79. The number of pyridine rings is 1. The lowest BCUT2D eigenvalue weighted by Crippen LogP contribution is -2.10. The maximum atomic E-state index is 12.7. The molecule has 0 atom stereocenters. The van der Waals surface area contributed by atoms with Gasteiger partial charge in [0.1, 0.15) is 17.6 Å². The third-order valence-electron chi connectivity index (χ3n) is 2.68. The topological polar surface area (TPSA) is 48.7 Å². The molecule has 0 amide bonds. The first-order chi connectivity index (χ1) is 9.81. The summed E-state index contributed by atoms with van der Waals surface area (Å²) in [6.07, 6.45) is -4.56. The zero-order valence-corrected chi connectivity index (χ0v) is 12.4. The summed E-state index contributed by atoms with van der Waals surface area (Å²) in [5.74, 6) is -0.128. The lowest BCUT2D eigenvalue weighted by Gasteiger charge is -2.12. The van der Waals surface area contributed by atoms with E-state index in [0.29, 0.717) is 10.2 Å². The van der Waals surface area contributed by atoms with E-state index < -0.39 is 11.9 Å². The van der Waals surface area contributed by atoms with Gasteiger partial charge in [-0.25, -0.2) is 4.98 Å². The van der Waals surface area contributed by atoms with Crippen LogP contribution in [0.3, 0.4) is 0 Å². The Kier molecular flexibility index (Phi) is 4.19. The van der Waals surface area contributed by atoms with Crippen LogP contribution in [0.25, 0.3) is 0 Å². The van der Waals surface area contributed by atoms with Gasteiger partial charge in [0.05, 0.1) is 11.3 Å². The van der Waals surface area contributed by atoms with Crippen molar-refractivity contribution < 1.29 is 13.2 Å². The van der Waals surface area contributed by atoms with Crippen LogP contribution in [0, 0.1) is 18.3 Å². The second-order valence-corrected chi connectivity index (χ2v) is 5.16. The lowest BCUT2D eigenvalue weighted by atomic mass is 10.2. The van der Waals surface area contributed by atoms with Gasteiger partial charge in [-0.3, -0.25) is 0 Å². The highest BCUT2D eigenvalue weighted by Crippen LogP contribution is 2.32. The molecule has 2 rings (SSSR count). The van der Waals surface area contributed by atoms with Crippen LogP contribution in [0.15, 0.2) is 34.8 Å². The number of halogens is 4. The van der Waals surface area contributed by atoms with E-state index in [9.17, 15) is 13.2 Å². The molecule has 1 aromatic carbocycles. The standard InChI is InChI=1S/C14H9BrF3N3/c1-8-2-4-11(10(15)6-8)20-13-9(7-19)3-5-12(21-13)14(16,17)18/h2-6H,1H3,(H,20,21). The summed E-state index contributed by atoms with van der Waals surface area (Å²) in [6.45, 7) is 1.89. The maximum absolute atomic E-state index is 12.7. The highest BCUT2D eigenvalue weighted by molar-refractivity contribution is 9.10. The molecule has 0 spiro atoms. The second kappa shape index (κ2) is 5.74. The van der Waals surface area contributed by atoms with Crippen molar-refractivity contribution >= 4 is 27.4 Å². The Morgan fingerprint density at radius 3 is 2.52 bits per heavy atom. The average molecular weight is 356 g/mol. The fourth-order valence-corrected chi connectivity index (χ4v) is 2.24. The normalized spacial score (nSPS) is 11.0. The largest absolute Gasteiger partial charge is 0.433 e. The number of nitrogens with one attached hydrogen (secondary N) is 1. The minimum Gasteiger partial charge on any atom is -0.338 e. The third kappa shape index (κ3) is 3.52. The van der Waals surface area contributed by atoms with Gasteiger partial charge < -0.3 is 5.32 Å². The van der Waals surface area contributed by atoms with Crippen molar-refractivity contribution in [1.29, 1.82) is 5.26 Å². The number of alkyl halides is 3. The van der Waals surface area contributed by atoms with Crippen molar-refractivity contribution in [2.75, 3.05) is 5.32 Å². The predicted molar refractivity (Wildman–Crippen MR) is 76.1 cm³/mol. The first kappa shape index (κ1) is 15.3. The molecular formula is C14H9BrF3N3. The molecule has 7 heteroatoms. The van der Waals surface area contributed by atoms with Gasteiger partial charge in [-0.2, -0.15) is 18.4 Å². The summed E-state index contributed by atoms with van der Waals surface area (Å²) in [7, 11) is 0. The van der Waals surface area contributed by atoms with Crippen LogP contribution < -0.4 is 5.32 Å². The summed E-state index contributed by atoms with van der Waals surface area (Å²) in [4.78, 5) is 3.49. The minimum atomic E-state index is -4.56. The Labute approximate surface area is 127 Å². The average Bonchev–Trinajstić information content (AvgIpc) is 2.41. The van der Waals surface area contributed by atoms with Gasteiger partial charge >= 0.3 is 6.18 Å². The molecule has 2 aromatic rings. The van der Waals surface area contributed by atoms with Gasteiger partial charge in [0.2, 0.25) is 0 Å². The van der Waals surface area contributed by atoms with Crippen LogP contribution in [0.1, 0.15) is 16.8 Å². The Hall–Kier alpha value is -2.07. The van der Waals surface area contributed by atoms with Crippen molar-refractivity contribution in [1.82, 2.24) is 4.98 Å². The van der Waals surface area contributed by atoms with E-state index in [1.807, 2.05) is 19.1 Å². The Morgan fingerprint density at radius 2 is 1.95 bits per heavy atom. The molecule has 1 N–H and O–H groups in total. The van der Waals surface area contributed by atoms with Gasteiger partial charge in [-0.1, -0.05) is 6.07 Å². The van der Waals surface area contributed by atoms with E-state index in [1.54, 1.807) is 12.1 Å². The molecule has 1 heterocycles. The molecule has 0 aliphatic heterocycles. The van der Waals surface area contributed by atoms with Crippen molar-refractivity contribution in [3.05, 3.63) is 51.6 Å². The number of anilines is 2. The van der Waals surface area contributed by atoms with Gasteiger partial charge in [-0.05, 0) is 52.7 Å². The van der Waals surface area contributed by atoms with Crippen LogP contribution in [0.2, 0.25) is 0 Å². The number of rotatable bonds is 2. The highest BCUT2D eigenvalue weighted by Gasteiger charge is 2.33. The fraction of sp³-hybridized carbons (Fsp3) is 0.143. The monoisotopic (exact) mass is 355 g/mol. The number of benzene rings is 1. The molecule has 3 nitrogen and oxygen atoms in total. The summed E-state index contributed by atoms with van der Waals surface area (Å²) in [5, 5.41) is 11.7. The molecule has 21 heavy (non-hydrogen) atoms. The van der Waals surface area contributed by atoms with Crippen molar-refractivity contribution in [3.8, 4) is 6.07 Å². The number of aryl methyl sites for hydroxylation is 1. The molecule has 1 aromatic heterocycles. The van der Waals surface area contributed by atoms with Gasteiger partial charge in [0.25, 0.3) is 0 Å². The Bertz CT molecular complexity index is 720. The number of nitrogens with zero attached hydrogens (tertiary/aromatic N) is 2. The third-order valence-corrected chi connectivity index (χ3v) is 3.34. The molecule has 0 bridgehead atoms. The molecule has 0 radical (unpaired) electrons.